The van der Waals surface area contributed by atoms with Crippen LogP contribution in [0.3, 0.4) is 0 Å². The van der Waals surface area contributed by atoms with E-state index in [0.717, 1.165) is 17.3 Å². The molecule has 1 aromatic carbocycles. The number of ether oxygens (including phenoxy) is 2. The van der Waals surface area contributed by atoms with Gasteiger partial charge in [0.25, 0.3) is 0 Å². The minimum absolute atomic E-state index is 0.330. The number of hydrogen-bond acceptors (Lipinski definition) is 5. The van der Waals surface area contributed by atoms with Gasteiger partial charge >= 0.3 is 5.97 Å². The lowest BCUT2D eigenvalue weighted by molar-refractivity contribution is -0.144. The summed E-state index contributed by atoms with van der Waals surface area (Å²) in [5.41, 5.74) is 5.69. The third-order valence-corrected chi connectivity index (χ3v) is 3.67. The molecular weight excluding hydrogens is 298 g/mol. The maximum Gasteiger partial charge on any atom is 0.322 e. The standard InChI is InChI=1S/C14H20ClNO3S/c1-2-18-14(17)13(16)6-8-20-9-7-19-12-5-3-4-11(15)10-12/h3-5,10,13H,2,6-9,16H2,1H3. The van der Waals surface area contributed by atoms with Crippen molar-refractivity contribution in [1.82, 2.24) is 0 Å². The van der Waals surface area contributed by atoms with Crippen LogP contribution in [0.15, 0.2) is 24.3 Å². The summed E-state index contributed by atoms with van der Waals surface area (Å²) in [6, 6.07) is 6.77. The summed E-state index contributed by atoms with van der Waals surface area (Å²) in [5, 5.41) is 0.663. The largest absolute Gasteiger partial charge is 0.493 e. The van der Waals surface area contributed by atoms with E-state index in [1.54, 1.807) is 30.8 Å². The summed E-state index contributed by atoms with van der Waals surface area (Å²) in [4.78, 5) is 11.3. The van der Waals surface area contributed by atoms with Crippen molar-refractivity contribution < 1.29 is 14.3 Å². The Morgan fingerprint density at radius 1 is 1.45 bits per heavy atom. The van der Waals surface area contributed by atoms with Crippen LogP contribution in [0.1, 0.15) is 13.3 Å². The molecule has 0 aliphatic carbocycles. The number of carbonyl (C=O) groups is 1. The normalized spacial score (nSPS) is 11.9. The van der Waals surface area contributed by atoms with Gasteiger partial charge in [0.1, 0.15) is 11.8 Å². The Balaban J connectivity index is 2.06. The van der Waals surface area contributed by atoms with Gasteiger partial charge in [0.05, 0.1) is 13.2 Å². The molecule has 0 saturated carbocycles. The predicted molar refractivity (Wildman–Crippen MR) is 83.5 cm³/mol. The van der Waals surface area contributed by atoms with Gasteiger partial charge in [-0.2, -0.15) is 11.8 Å². The molecule has 0 aliphatic rings. The summed E-state index contributed by atoms with van der Waals surface area (Å²) in [6.45, 7) is 2.74. The van der Waals surface area contributed by atoms with Gasteiger partial charge in [-0.3, -0.25) is 4.79 Å². The average molecular weight is 318 g/mol. The molecule has 112 valence electrons. The van der Waals surface area contributed by atoms with Gasteiger partial charge in [0.2, 0.25) is 0 Å². The smallest absolute Gasteiger partial charge is 0.322 e. The van der Waals surface area contributed by atoms with E-state index >= 15 is 0 Å². The van der Waals surface area contributed by atoms with Crippen molar-refractivity contribution in [3.8, 4) is 5.75 Å². The first-order valence-corrected chi connectivity index (χ1v) is 8.05. The molecule has 0 fully saturated rings. The maximum absolute atomic E-state index is 11.3. The lowest BCUT2D eigenvalue weighted by atomic mass is 10.2. The Hall–Kier alpha value is -0.910. The van der Waals surface area contributed by atoms with E-state index in [2.05, 4.69) is 0 Å². The Morgan fingerprint density at radius 3 is 2.95 bits per heavy atom. The highest BCUT2D eigenvalue weighted by atomic mass is 35.5. The molecule has 0 amide bonds. The minimum Gasteiger partial charge on any atom is -0.493 e. The van der Waals surface area contributed by atoms with Gasteiger partial charge in [-0.15, -0.1) is 0 Å². The van der Waals surface area contributed by atoms with E-state index in [1.807, 2.05) is 12.1 Å². The zero-order chi connectivity index (χ0) is 14.8. The highest BCUT2D eigenvalue weighted by Gasteiger charge is 2.13. The quantitative estimate of drug-likeness (QED) is 0.560. The molecule has 0 radical (unpaired) electrons. The number of esters is 1. The monoisotopic (exact) mass is 317 g/mol. The molecule has 4 nitrogen and oxygen atoms in total. The average Bonchev–Trinajstić information content (AvgIpc) is 2.42. The highest BCUT2D eigenvalue weighted by Crippen LogP contribution is 2.17. The van der Waals surface area contributed by atoms with Crippen LogP contribution in [0.5, 0.6) is 5.75 Å². The second-order valence-electron chi connectivity index (χ2n) is 4.07. The van der Waals surface area contributed by atoms with Crippen LogP contribution in [0.4, 0.5) is 0 Å². The molecule has 0 aliphatic heterocycles. The second-order valence-corrected chi connectivity index (χ2v) is 5.73. The summed E-state index contributed by atoms with van der Waals surface area (Å²) in [6.07, 6.45) is 0.612. The Morgan fingerprint density at radius 2 is 2.25 bits per heavy atom. The molecule has 1 unspecified atom stereocenters. The third kappa shape index (κ3) is 7.03. The van der Waals surface area contributed by atoms with E-state index in [-0.39, 0.29) is 5.97 Å². The fraction of sp³-hybridized carbons (Fsp3) is 0.500. The molecule has 20 heavy (non-hydrogen) atoms. The van der Waals surface area contributed by atoms with Crippen LogP contribution in [-0.4, -0.2) is 36.7 Å². The number of nitrogens with two attached hydrogens (primary N) is 1. The van der Waals surface area contributed by atoms with Gasteiger partial charge in [0, 0.05) is 10.8 Å². The van der Waals surface area contributed by atoms with E-state index in [1.165, 1.54) is 0 Å². The second kappa shape index (κ2) is 9.91. The van der Waals surface area contributed by atoms with Crippen molar-refractivity contribution in [3.63, 3.8) is 0 Å². The fourth-order valence-electron chi connectivity index (χ4n) is 1.45. The fourth-order valence-corrected chi connectivity index (χ4v) is 2.46. The van der Waals surface area contributed by atoms with Crippen molar-refractivity contribution in [2.45, 2.75) is 19.4 Å². The summed E-state index contributed by atoms with van der Waals surface area (Å²) >= 11 is 7.55. The lowest BCUT2D eigenvalue weighted by Gasteiger charge is -2.10. The van der Waals surface area contributed by atoms with Gasteiger partial charge in [0.15, 0.2) is 0 Å². The molecule has 1 aromatic rings. The van der Waals surface area contributed by atoms with Gasteiger partial charge in [-0.25, -0.2) is 0 Å². The van der Waals surface area contributed by atoms with Crippen LogP contribution in [-0.2, 0) is 9.53 Å². The van der Waals surface area contributed by atoms with Crippen LogP contribution < -0.4 is 10.5 Å². The number of thioether (sulfide) groups is 1. The van der Waals surface area contributed by atoms with E-state index in [9.17, 15) is 4.79 Å². The Bertz CT molecular complexity index is 417. The number of carbonyl (C=O) groups excluding carboxylic acids is 1. The van der Waals surface area contributed by atoms with Gasteiger partial charge < -0.3 is 15.2 Å². The van der Waals surface area contributed by atoms with Crippen molar-refractivity contribution in [2.24, 2.45) is 5.73 Å². The van der Waals surface area contributed by atoms with Gasteiger partial charge in [-0.05, 0) is 37.3 Å². The van der Waals surface area contributed by atoms with Crippen LogP contribution in [0.25, 0.3) is 0 Å². The van der Waals surface area contributed by atoms with Crippen molar-refractivity contribution >= 4 is 29.3 Å². The first-order chi connectivity index (χ1) is 9.63. The number of rotatable bonds is 9. The third-order valence-electron chi connectivity index (χ3n) is 2.46. The van der Waals surface area contributed by atoms with E-state index in [4.69, 9.17) is 26.8 Å². The molecule has 0 saturated heterocycles. The lowest BCUT2D eigenvalue weighted by Crippen LogP contribution is -2.32. The maximum atomic E-state index is 11.3. The minimum atomic E-state index is -0.531. The van der Waals surface area contributed by atoms with Gasteiger partial charge in [-0.1, -0.05) is 17.7 Å². The zero-order valence-corrected chi connectivity index (χ0v) is 13.1. The predicted octanol–water partition coefficient (Wildman–Crippen LogP) is 2.73. The first-order valence-electron chi connectivity index (χ1n) is 6.51. The number of benzene rings is 1. The van der Waals surface area contributed by atoms with Crippen molar-refractivity contribution in [3.05, 3.63) is 29.3 Å². The molecule has 1 rings (SSSR count). The summed E-state index contributed by atoms with van der Waals surface area (Å²) < 4.78 is 10.4. The Kier molecular flexibility index (Phi) is 8.49. The van der Waals surface area contributed by atoms with Crippen LogP contribution in [0, 0.1) is 0 Å². The topological polar surface area (TPSA) is 61.5 Å². The van der Waals surface area contributed by atoms with Crippen molar-refractivity contribution in [1.29, 1.82) is 0 Å². The summed E-state index contributed by atoms with van der Waals surface area (Å²) in [7, 11) is 0. The van der Waals surface area contributed by atoms with Crippen LogP contribution >= 0.6 is 23.4 Å². The highest BCUT2D eigenvalue weighted by molar-refractivity contribution is 7.99. The van der Waals surface area contributed by atoms with E-state index < -0.39 is 6.04 Å². The Labute approximate surface area is 129 Å². The molecule has 0 aromatic heterocycles. The molecule has 0 heterocycles. The van der Waals surface area contributed by atoms with Crippen molar-refractivity contribution in [2.75, 3.05) is 24.7 Å². The molecule has 0 spiro atoms. The summed E-state index contributed by atoms with van der Waals surface area (Å²) in [5.74, 6) is 2.07. The zero-order valence-electron chi connectivity index (χ0n) is 11.5. The number of hydrogen-bond donors (Lipinski definition) is 1. The van der Waals surface area contributed by atoms with E-state index in [0.29, 0.717) is 24.7 Å². The molecule has 6 heteroatoms. The first kappa shape index (κ1) is 17.1. The molecule has 0 bridgehead atoms. The molecular formula is C14H20ClNO3S. The van der Waals surface area contributed by atoms with Crippen LogP contribution in [0.2, 0.25) is 5.02 Å². The SMILES string of the molecule is CCOC(=O)C(N)CCSCCOc1cccc(Cl)c1. The number of halogens is 1. The molecule has 1 atom stereocenters. The molecule has 2 N–H and O–H groups in total.